The van der Waals surface area contributed by atoms with E-state index in [0.29, 0.717) is 18.4 Å². The van der Waals surface area contributed by atoms with Gasteiger partial charge in [-0.2, -0.15) is 0 Å². The van der Waals surface area contributed by atoms with Crippen LogP contribution in [0.2, 0.25) is 0 Å². The number of thiazole rings is 1. The molecule has 1 heterocycles. The molecule has 3 heteroatoms. The molecule has 0 spiro atoms. The average molecular weight is 288 g/mol. The monoisotopic (exact) mass is 288 g/mol. The van der Waals surface area contributed by atoms with E-state index >= 15 is 0 Å². The molecule has 2 nitrogen and oxygen atoms in total. The molecule has 0 saturated heterocycles. The Morgan fingerprint density at radius 1 is 1.10 bits per heavy atom. The molecule has 108 valence electrons. The minimum atomic E-state index is 0.566. The molecular formula is C17H24N2S. The summed E-state index contributed by atoms with van der Waals surface area (Å²) in [5.74, 6) is 1.18. The van der Waals surface area contributed by atoms with Gasteiger partial charge in [0.25, 0.3) is 0 Å². The molecule has 0 unspecified atom stereocenters. The Hall–Kier alpha value is -1.19. The van der Waals surface area contributed by atoms with Crippen LogP contribution in [0.5, 0.6) is 0 Å². The molecule has 20 heavy (non-hydrogen) atoms. The molecule has 2 N–H and O–H groups in total. The van der Waals surface area contributed by atoms with Crippen molar-refractivity contribution in [1.29, 1.82) is 0 Å². The number of hydrogen-bond donors (Lipinski definition) is 1. The molecule has 0 amide bonds. The Bertz CT molecular complexity index is 553. The summed E-state index contributed by atoms with van der Waals surface area (Å²) in [7, 11) is 0. The van der Waals surface area contributed by atoms with Crippen molar-refractivity contribution < 1.29 is 0 Å². The van der Waals surface area contributed by atoms with Gasteiger partial charge < -0.3 is 5.73 Å². The predicted molar refractivity (Wildman–Crippen MR) is 88.1 cm³/mol. The molecule has 0 radical (unpaired) electrons. The molecule has 1 aromatic carbocycles. The molecule has 0 aliphatic rings. The molecule has 2 aromatic rings. The van der Waals surface area contributed by atoms with Crippen molar-refractivity contribution in [3.05, 3.63) is 40.4 Å². The van der Waals surface area contributed by atoms with Crippen LogP contribution in [0.1, 0.15) is 49.7 Å². The fraction of sp³-hybridized carbons (Fsp3) is 0.471. The number of rotatable bonds is 5. The lowest BCUT2D eigenvalue weighted by molar-refractivity contribution is 0.634. The summed E-state index contributed by atoms with van der Waals surface area (Å²) in [4.78, 5) is 6.03. The third-order valence-corrected chi connectivity index (χ3v) is 4.56. The normalized spacial score (nSPS) is 11.6. The molecule has 0 aliphatic carbocycles. The minimum absolute atomic E-state index is 0.566. The van der Waals surface area contributed by atoms with Crippen molar-refractivity contribution in [1.82, 2.24) is 4.98 Å². The highest BCUT2D eigenvalue weighted by molar-refractivity contribution is 7.15. The first-order chi connectivity index (χ1) is 9.51. The van der Waals surface area contributed by atoms with Crippen LogP contribution in [0.25, 0.3) is 10.6 Å². The largest absolute Gasteiger partial charge is 0.326 e. The fourth-order valence-electron chi connectivity index (χ4n) is 2.22. The van der Waals surface area contributed by atoms with Crippen LogP contribution < -0.4 is 5.73 Å². The maximum absolute atomic E-state index is 5.85. The summed E-state index contributed by atoms with van der Waals surface area (Å²) in [5.41, 5.74) is 9.59. The Labute approximate surface area is 126 Å². The van der Waals surface area contributed by atoms with E-state index in [4.69, 9.17) is 10.7 Å². The van der Waals surface area contributed by atoms with Crippen LogP contribution in [0.4, 0.5) is 0 Å². The first-order valence-electron chi connectivity index (χ1n) is 7.30. The topological polar surface area (TPSA) is 38.9 Å². The van der Waals surface area contributed by atoms with Crippen LogP contribution in [0, 0.1) is 5.92 Å². The highest BCUT2D eigenvalue weighted by atomic mass is 32.1. The average Bonchev–Trinajstić information content (AvgIpc) is 2.81. The molecule has 0 aliphatic heterocycles. The van der Waals surface area contributed by atoms with Gasteiger partial charge in [0.1, 0.15) is 5.01 Å². The highest BCUT2D eigenvalue weighted by Crippen LogP contribution is 2.30. The zero-order valence-corrected chi connectivity index (χ0v) is 13.6. The number of benzene rings is 1. The maximum Gasteiger partial charge on any atom is 0.123 e. The van der Waals surface area contributed by atoms with Crippen LogP contribution in [-0.4, -0.2) is 4.98 Å². The zero-order chi connectivity index (χ0) is 14.7. The molecule has 0 saturated carbocycles. The Morgan fingerprint density at radius 2 is 1.75 bits per heavy atom. The van der Waals surface area contributed by atoms with E-state index in [1.165, 1.54) is 21.7 Å². The Kier molecular flexibility index (Phi) is 4.95. The summed E-state index contributed by atoms with van der Waals surface area (Å²) in [6, 6.07) is 8.75. The first kappa shape index (κ1) is 15.2. The van der Waals surface area contributed by atoms with Crippen molar-refractivity contribution in [2.75, 3.05) is 0 Å². The highest BCUT2D eigenvalue weighted by Gasteiger charge is 2.13. The number of nitrogens with zero attached hydrogens (tertiary/aromatic N) is 1. The van der Waals surface area contributed by atoms with Crippen LogP contribution in [0.3, 0.4) is 0 Å². The number of aromatic nitrogens is 1. The van der Waals surface area contributed by atoms with Gasteiger partial charge in [0.05, 0.1) is 5.69 Å². The second-order valence-electron chi connectivity index (χ2n) is 5.97. The van der Waals surface area contributed by atoms with E-state index in [2.05, 4.69) is 52.0 Å². The van der Waals surface area contributed by atoms with Gasteiger partial charge in [-0.05, 0) is 23.8 Å². The van der Waals surface area contributed by atoms with Crippen molar-refractivity contribution in [3.8, 4) is 10.6 Å². The zero-order valence-electron chi connectivity index (χ0n) is 12.8. The van der Waals surface area contributed by atoms with E-state index in [1.54, 1.807) is 11.3 Å². The van der Waals surface area contributed by atoms with E-state index in [1.807, 2.05) is 0 Å². The summed E-state index contributed by atoms with van der Waals surface area (Å²) >= 11 is 1.73. The molecule has 0 fully saturated rings. The number of hydrogen-bond acceptors (Lipinski definition) is 3. The van der Waals surface area contributed by atoms with Gasteiger partial charge in [0, 0.05) is 17.0 Å². The lowest BCUT2D eigenvalue weighted by Crippen LogP contribution is -2.01. The number of nitrogens with two attached hydrogens (primary N) is 1. The quantitative estimate of drug-likeness (QED) is 0.874. The van der Waals surface area contributed by atoms with Crippen LogP contribution >= 0.6 is 11.3 Å². The van der Waals surface area contributed by atoms with E-state index in [9.17, 15) is 0 Å². The molecule has 2 rings (SSSR count). The lowest BCUT2D eigenvalue weighted by Gasteiger charge is -2.05. The second-order valence-corrected chi connectivity index (χ2v) is 7.05. The van der Waals surface area contributed by atoms with Gasteiger partial charge in [-0.3, -0.25) is 0 Å². The van der Waals surface area contributed by atoms with E-state index in [-0.39, 0.29) is 0 Å². The van der Waals surface area contributed by atoms with Crippen molar-refractivity contribution in [2.45, 2.75) is 46.6 Å². The summed E-state index contributed by atoms with van der Waals surface area (Å²) in [6.45, 7) is 9.45. The molecule has 0 bridgehead atoms. The van der Waals surface area contributed by atoms with Gasteiger partial charge in [-0.1, -0.05) is 52.0 Å². The van der Waals surface area contributed by atoms with Gasteiger partial charge in [0.15, 0.2) is 0 Å². The summed E-state index contributed by atoms with van der Waals surface area (Å²) < 4.78 is 0. The fourth-order valence-corrected chi connectivity index (χ4v) is 3.20. The van der Waals surface area contributed by atoms with Crippen LogP contribution in [-0.2, 0) is 13.0 Å². The predicted octanol–water partition coefficient (Wildman–Crippen LogP) is 4.59. The Morgan fingerprint density at radius 3 is 2.25 bits per heavy atom. The Balaban J connectivity index is 2.30. The third kappa shape index (κ3) is 3.47. The molecule has 0 atom stereocenters. The van der Waals surface area contributed by atoms with Crippen molar-refractivity contribution in [2.24, 2.45) is 11.7 Å². The van der Waals surface area contributed by atoms with Gasteiger partial charge in [0.2, 0.25) is 0 Å². The third-order valence-electron chi connectivity index (χ3n) is 3.39. The maximum atomic E-state index is 5.85. The second kappa shape index (κ2) is 6.51. The SMILES string of the molecule is CC(C)Cc1nc(-c2ccc(C(C)C)cc2)sc1CN. The van der Waals surface area contributed by atoms with E-state index < -0.39 is 0 Å². The smallest absolute Gasteiger partial charge is 0.123 e. The van der Waals surface area contributed by atoms with Crippen molar-refractivity contribution in [3.63, 3.8) is 0 Å². The van der Waals surface area contributed by atoms with Gasteiger partial charge in [-0.15, -0.1) is 11.3 Å². The van der Waals surface area contributed by atoms with Gasteiger partial charge >= 0.3 is 0 Å². The summed E-state index contributed by atoms with van der Waals surface area (Å²) in [6.07, 6.45) is 1.01. The molecule has 1 aromatic heterocycles. The first-order valence-corrected chi connectivity index (χ1v) is 8.12. The van der Waals surface area contributed by atoms with Crippen molar-refractivity contribution >= 4 is 11.3 Å². The van der Waals surface area contributed by atoms with E-state index in [0.717, 1.165) is 11.4 Å². The standard InChI is InChI=1S/C17H24N2S/c1-11(2)9-15-16(10-18)20-17(19-15)14-7-5-13(6-8-14)12(3)4/h5-8,11-12H,9-10,18H2,1-4H3. The summed E-state index contributed by atoms with van der Waals surface area (Å²) in [5, 5.41) is 1.09. The van der Waals surface area contributed by atoms with Crippen LogP contribution in [0.15, 0.2) is 24.3 Å². The molecular weight excluding hydrogens is 264 g/mol. The lowest BCUT2D eigenvalue weighted by atomic mass is 10.0. The van der Waals surface area contributed by atoms with Gasteiger partial charge in [-0.25, -0.2) is 4.98 Å². The minimum Gasteiger partial charge on any atom is -0.326 e.